The SMILES string of the molecule is O=C(N[C@H](C(=O)O)c1ccc(O)cc1)OCC(F)(F)F. The Labute approximate surface area is 110 Å². The molecule has 0 aliphatic heterocycles. The minimum absolute atomic E-state index is 0.0688. The average molecular weight is 293 g/mol. The molecular weight excluding hydrogens is 283 g/mol. The van der Waals surface area contributed by atoms with Crippen LogP contribution in [0.5, 0.6) is 5.75 Å². The fourth-order valence-corrected chi connectivity index (χ4v) is 1.26. The summed E-state index contributed by atoms with van der Waals surface area (Å²) >= 11 is 0. The summed E-state index contributed by atoms with van der Waals surface area (Å²) in [7, 11) is 0. The lowest BCUT2D eigenvalue weighted by atomic mass is 10.1. The van der Waals surface area contributed by atoms with Crippen LogP contribution >= 0.6 is 0 Å². The van der Waals surface area contributed by atoms with Crippen LogP contribution in [0.15, 0.2) is 24.3 Å². The summed E-state index contributed by atoms with van der Waals surface area (Å²) in [6.07, 6.45) is -6.21. The Bertz CT molecular complexity index is 486. The molecule has 1 aromatic rings. The second-order valence-electron chi connectivity index (χ2n) is 3.70. The summed E-state index contributed by atoms with van der Waals surface area (Å²) in [5, 5.41) is 19.7. The highest BCUT2D eigenvalue weighted by Crippen LogP contribution is 2.18. The Morgan fingerprint density at radius 1 is 1.25 bits per heavy atom. The zero-order valence-electron chi connectivity index (χ0n) is 9.85. The predicted molar refractivity (Wildman–Crippen MR) is 59.0 cm³/mol. The van der Waals surface area contributed by atoms with Crippen molar-refractivity contribution in [1.82, 2.24) is 5.32 Å². The van der Waals surface area contributed by atoms with Gasteiger partial charge in [0, 0.05) is 0 Å². The van der Waals surface area contributed by atoms with E-state index in [9.17, 15) is 22.8 Å². The molecule has 1 aromatic carbocycles. The van der Waals surface area contributed by atoms with Gasteiger partial charge in [0.2, 0.25) is 0 Å². The number of carbonyl (C=O) groups excluding carboxylic acids is 1. The molecule has 0 bridgehead atoms. The van der Waals surface area contributed by atoms with Crippen LogP contribution in [-0.4, -0.2) is 35.1 Å². The van der Waals surface area contributed by atoms with Crippen LogP contribution in [0.25, 0.3) is 0 Å². The Kier molecular flexibility index (Phi) is 4.78. The van der Waals surface area contributed by atoms with Crippen LogP contribution in [0, 0.1) is 0 Å². The van der Waals surface area contributed by atoms with E-state index >= 15 is 0 Å². The highest BCUT2D eigenvalue weighted by atomic mass is 19.4. The van der Waals surface area contributed by atoms with E-state index in [0.29, 0.717) is 0 Å². The van der Waals surface area contributed by atoms with E-state index in [1.807, 2.05) is 0 Å². The number of carboxylic acid groups (broad SMARTS) is 1. The normalized spacial score (nSPS) is 12.6. The Morgan fingerprint density at radius 3 is 2.25 bits per heavy atom. The van der Waals surface area contributed by atoms with Gasteiger partial charge in [0.25, 0.3) is 0 Å². The molecule has 0 aromatic heterocycles. The van der Waals surface area contributed by atoms with Crippen molar-refractivity contribution in [3.63, 3.8) is 0 Å². The van der Waals surface area contributed by atoms with Gasteiger partial charge in [-0.1, -0.05) is 12.1 Å². The lowest BCUT2D eigenvalue weighted by molar-refractivity contribution is -0.160. The van der Waals surface area contributed by atoms with Crippen LogP contribution in [-0.2, 0) is 9.53 Å². The number of ether oxygens (including phenoxy) is 1. The standard InChI is InChI=1S/C11H10F3NO5/c12-11(13,14)5-20-10(19)15-8(9(17)18)6-1-3-7(16)4-2-6/h1-4,8,16H,5H2,(H,15,19)(H,17,18)/t8-/m0/s1. The fourth-order valence-electron chi connectivity index (χ4n) is 1.26. The number of aromatic hydroxyl groups is 1. The molecule has 1 amide bonds. The van der Waals surface area contributed by atoms with E-state index in [4.69, 9.17) is 10.2 Å². The first-order valence-corrected chi connectivity index (χ1v) is 5.21. The zero-order chi connectivity index (χ0) is 15.3. The van der Waals surface area contributed by atoms with Gasteiger partial charge in [0.05, 0.1) is 0 Å². The van der Waals surface area contributed by atoms with Crippen molar-refractivity contribution in [1.29, 1.82) is 0 Å². The van der Waals surface area contributed by atoms with E-state index in [-0.39, 0.29) is 11.3 Å². The molecule has 0 saturated heterocycles. The van der Waals surface area contributed by atoms with E-state index in [1.165, 1.54) is 24.3 Å². The predicted octanol–water partition coefficient (Wildman–Crippen LogP) is 1.81. The van der Waals surface area contributed by atoms with E-state index in [2.05, 4.69) is 4.74 Å². The van der Waals surface area contributed by atoms with Crippen molar-refractivity contribution >= 4 is 12.1 Å². The molecule has 0 unspecified atom stereocenters. The average Bonchev–Trinajstić information content (AvgIpc) is 2.33. The Hall–Kier alpha value is -2.45. The quantitative estimate of drug-likeness (QED) is 0.786. The molecule has 0 aliphatic rings. The largest absolute Gasteiger partial charge is 0.508 e. The van der Waals surface area contributed by atoms with Crippen molar-refractivity contribution in [2.24, 2.45) is 0 Å². The lowest BCUT2D eigenvalue weighted by Gasteiger charge is -2.15. The molecule has 0 saturated carbocycles. The van der Waals surface area contributed by atoms with Crippen LogP contribution in [0.1, 0.15) is 11.6 Å². The second-order valence-corrected chi connectivity index (χ2v) is 3.70. The fraction of sp³-hybridized carbons (Fsp3) is 0.273. The van der Waals surface area contributed by atoms with Gasteiger partial charge in [-0.3, -0.25) is 0 Å². The number of hydrogen-bond donors (Lipinski definition) is 3. The number of amides is 1. The minimum Gasteiger partial charge on any atom is -0.508 e. The molecule has 0 spiro atoms. The number of aliphatic carboxylic acids is 1. The highest BCUT2D eigenvalue weighted by Gasteiger charge is 2.31. The van der Waals surface area contributed by atoms with Crippen LogP contribution in [0.2, 0.25) is 0 Å². The molecule has 1 rings (SSSR count). The number of nitrogens with one attached hydrogen (secondary N) is 1. The monoisotopic (exact) mass is 293 g/mol. The van der Waals surface area contributed by atoms with Gasteiger partial charge in [-0.2, -0.15) is 13.2 Å². The molecule has 0 fully saturated rings. The number of hydrogen-bond acceptors (Lipinski definition) is 4. The number of phenols is 1. The molecule has 110 valence electrons. The van der Waals surface area contributed by atoms with Crippen molar-refractivity contribution in [3.05, 3.63) is 29.8 Å². The summed E-state index contributed by atoms with van der Waals surface area (Å²) < 4.78 is 39.3. The van der Waals surface area contributed by atoms with Crippen LogP contribution in [0.3, 0.4) is 0 Å². The van der Waals surface area contributed by atoms with E-state index < -0.39 is 30.9 Å². The van der Waals surface area contributed by atoms with Crippen molar-refractivity contribution in [2.75, 3.05) is 6.61 Å². The van der Waals surface area contributed by atoms with Gasteiger partial charge < -0.3 is 20.3 Å². The van der Waals surface area contributed by atoms with Crippen molar-refractivity contribution in [3.8, 4) is 5.75 Å². The second kappa shape index (κ2) is 6.13. The van der Waals surface area contributed by atoms with Crippen molar-refractivity contribution < 1.29 is 37.7 Å². The van der Waals surface area contributed by atoms with Crippen LogP contribution in [0.4, 0.5) is 18.0 Å². The third kappa shape index (κ3) is 5.04. The maximum atomic E-state index is 11.8. The third-order valence-corrected chi connectivity index (χ3v) is 2.10. The van der Waals surface area contributed by atoms with Gasteiger partial charge in [-0.05, 0) is 17.7 Å². The molecule has 9 heteroatoms. The topological polar surface area (TPSA) is 95.9 Å². The smallest absolute Gasteiger partial charge is 0.422 e. The summed E-state index contributed by atoms with van der Waals surface area (Å²) in [6, 6.07) is 3.18. The molecule has 0 heterocycles. The molecule has 3 N–H and O–H groups in total. The first-order chi connectivity index (χ1) is 9.19. The number of carbonyl (C=O) groups is 2. The Balaban J connectivity index is 2.71. The van der Waals surface area contributed by atoms with Crippen LogP contribution < -0.4 is 5.32 Å². The van der Waals surface area contributed by atoms with Gasteiger partial charge in [0.15, 0.2) is 12.6 Å². The van der Waals surface area contributed by atoms with E-state index in [1.54, 1.807) is 5.32 Å². The molecule has 0 radical (unpaired) electrons. The molecule has 6 nitrogen and oxygen atoms in total. The van der Waals surface area contributed by atoms with Gasteiger partial charge in [0.1, 0.15) is 5.75 Å². The lowest BCUT2D eigenvalue weighted by Crippen LogP contribution is -2.35. The number of alkyl halides is 3. The maximum Gasteiger partial charge on any atom is 0.422 e. The van der Waals surface area contributed by atoms with Gasteiger partial charge in [-0.15, -0.1) is 0 Å². The minimum atomic E-state index is -4.70. The number of phenolic OH excluding ortho intramolecular Hbond substituents is 1. The summed E-state index contributed by atoms with van der Waals surface area (Å²) in [4.78, 5) is 22.1. The summed E-state index contributed by atoms with van der Waals surface area (Å²) in [6.45, 7) is -1.82. The number of rotatable bonds is 4. The third-order valence-electron chi connectivity index (χ3n) is 2.10. The summed E-state index contributed by atoms with van der Waals surface area (Å²) in [5.74, 6) is -1.61. The molecular formula is C11H10F3NO5. The zero-order valence-corrected chi connectivity index (χ0v) is 9.85. The number of halogens is 3. The molecule has 20 heavy (non-hydrogen) atoms. The number of carboxylic acids is 1. The summed E-state index contributed by atoms with van der Waals surface area (Å²) in [5.41, 5.74) is 0.0688. The molecule has 1 atom stereocenters. The number of benzene rings is 1. The van der Waals surface area contributed by atoms with E-state index in [0.717, 1.165) is 0 Å². The first kappa shape index (κ1) is 15.6. The maximum absolute atomic E-state index is 11.8. The van der Waals surface area contributed by atoms with Crippen molar-refractivity contribution in [2.45, 2.75) is 12.2 Å². The van der Waals surface area contributed by atoms with Gasteiger partial charge in [-0.25, -0.2) is 9.59 Å². The first-order valence-electron chi connectivity index (χ1n) is 5.21. The number of alkyl carbamates (subject to hydrolysis) is 1. The Morgan fingerprint density at radius 2 is 1.80 bits per heavy atom. The van der Waals surface area contributed by atoms with Gasteiger partial charge >= 0.3 is 18.2 Å². The molecule has 0 aliphatic carbocycles. The highest BCUT2D eigenvalue weighted by molar-refractivity contribution is 5.81.